The van der Waals surface area contributed by atoms with Crippen molar-refractivity contribution in [3.05, 3.63) is 17.5 Å². The van der Waals surface area contributed by atoms with Crippen molar-refractivity contribution in [1.82, 2.24) is 15.0 Å². The van der Waals surface area contributed by atoms with Gasteiger partial charge in [-0.2, -0.15) is 0 Å². The van der Waals surface area contributed by atoms with Crippen LogP contribution in [0.1, 0.15) is 59.0 Å². The fraction of sp³-hybridized carbons (Fsp3) is 0.750. The van der Waals surface area contributed by atoms with Crippen molar-refractivity contribution >= 4 is 67.8 Å². The number of rotatable bonds is 3. The maximum absolute atomic E-state index is 4.65. The molecule has 0 radical (unpaired) electrons. The van der Waals surface area contributed by atoms with Crippen molar-refractivity contribution in [3.63, 3.8) is 0 Å². The van der Waals surface area contributed by atoms with E-state index in [4.69, 9.17) is 0 Å². The minimum Gasteiger partial charge on any atom is -0.215 e. The van der Waals surface area contributed by atoms with Crippen LogP contribution in [0.3, 0.4) is 0 Å². The van der Waals surface area contributed by atoms with Gasteiger partial charge in [-0.1, -0.05) is 67.8 Å². The third kappa shape index (κ3) is 4.64. The molecule has 0 bridgehead atoms. The number of aromatic nitrogens is 3. The van der Waals surface area contributed by atoms with Crippen LogP contribution in [0.25, 0.3) is 0 Å². The van der Waals surface area contributed by atoms with Gasteiger partial charge in [0, 0.05) is 0 Å². The van der Waals surface area contributed by atoms with Gasteiger partial charge >= 0.3 is 0 Å². The van der Waals surface area contributed by atoms with E-state index in [1.807, 2.05) is 0 Å². The molecular formula is C12H18I3N3. The molecule has 0 N–H and O–H groups in total. The van der Waals surface area contributed by atoms with Crippen LogP contribution in [0.4, 0.5) is 0 Å². The Kier molecular flexibility index (Phi) is 5.30. The van der Waals surface area contributed by atoms with Crippen LogP contribution >= 0.6 is 67.8 Å². The first-order valence-corrected chi connectivity index (χ1v) is 8.89. The van der Waals surface area contributed by atoms with Crippen LogP contribution in [0.5, 0.6) is 0 Å². The summed E-state index contributed by atoms with van der Waals surface area (Å²) in [6.45, 7) is 12.7. The van der Waals surface area contributed by atoms with E-state index < -0.39 is 0 Å². The van der Waals surface area contributed by atoms with E-state index in [1.165, 1.54) is 0 Å². The van der Waals surface area contributed by atoms with E-state index in [-0.39, 0.29) is 10.3 Å². The van der Waals surface area contributed by atoms with Crippen molar-refractivity contribution in [2.75, 3.05) is 0 Å². The number of nitrogens with zero attached hydrogens (tertiary/aromatic N) is 3. The molecule has 6 heteroatoms. The predicted octanol–water partition coefficient (Wildman–Crippen LogP) is 4.88. The molecule has 1 aromatic heterocycles. The summed E-state index contributed by atoms with van der Waals surface area (Å²) in [5.74, 6) is 2.58. The molecule has 1 rings (SSSR count). The van der Waals surface area contributed by atoms with Gasteiger partial charge in [0.05, 0.1) is 10.3 Å². The summed E-state index contributed by atoms with van der Waals surface area (Å²) in [6, 6.07) is 0. The van der Waals surface area contributed by atoms with Crippen molar-refractivity contribution < 1.29 is 0 Å². The van der Waals surface area contributed by atoms with Crippen LogP contribution in [-0.4, -0.2) is 15.0 Å². The molecule has 0 spiro atoms. The number of halogens is 3. The third-order valence-electron chi connectivity index (χ3n) is 2.23. The van der Waals surface area contributed by atoms with Gasteiger partial charge in [-0.25, -0.2) is 15.0 Å². The van der Waals surface area contributed by atoms with E-state index in [0.717, 1.165) is 17.5 Å². The van der Waals surface area contributed by atoms with Crippen molar-refractivity contribution in [2.45, 2.75) is 51.8 Å². The molecule has 0 unspecified atom stereocenters. The first-order chi connectivity index (χ1) is 7.82. The summed E-state index contributed by atoms with van der Waals surface area (Å²) >= 11 is 7.12. The molecule has 0 aromatic carbocycles. The normalized spacial score (nSPS) is 13.8. The zero-order valence-electron chi connectivity index (χ0n) is 11.5. The maximum Gasteiger partial charge on any atom is 0.148 e. The van der Waals surface area contributed by atoms with Crippen LogP contribution in [-0.2, 0) is 10.3 Å². The molecule has 1 heterocycles. The molecule has 0 aliphatic carbocycles. The highest BCUT2D eigenvalue weighted by Gasteiger charge is 2.30. The predicted molar refractivity (Wildman–Crippen MR) is 101 cm³/mol. The van der Waals surface area contributed by atoms with Crippen LogP contribution in [0.15, 0.2) is 0 Å². The topological polar surface area (TPSA) is 38.7 Å². The number of hydrogen-bond acceptors (Lipinski definition) is 3. The summed E-state index contributed by atoms with van der Waals surface area (Å²) in [5, 5.41) is 0. The molecule has 0 amide bonds. The lowest BCUT2D eigenvalue weighted by Gasteiger charge is -2.23. The summed E-state index contributed by atoms with van der Waals surface area (Å²) < 4.78 is -0.268. The lowest BCUT2D eigenvalue weighted by molar-refractivity contribution is 0.617. The van der Waals surface area contributed by atoms with E-state index >= 15 is 0 Å². The molecule has 1 aromatic rings. The highest BCUT2D eigenvalue weighted by Crippen LogP contribution is 2.35. The number of hydrogen-bond donors (Lipinski definition) is 0. The Balaban J connectivity index is 3.49. The van der Waals surface area contributed by atoms with Crippen molar-refractivity contribution in [3.8, 4) is 0 Å². The molecule has 0 aliphatic heterocycles. The highest BCUT2D eigenvalue weighted by molar-refractivity contribution is 14.1. The first-order valence-electron chi connectivity index (χ1n) is 5.66. The minimum atomic E-state index is -0.0893. The largest absolute Gasteiger partial charge is 0.215 e. The molecule has 102 valence electrons. The second-order valence-electron chi connectivity index (χ2n) is 5.72. The zero-order valence-corrected chi connectivity index (χ0v) is 17.9. The SMILES string of the molecule is CC(C)(I)c1nc(C(C)(C)I)nc(C(C)(C)I)n1. The van der Waals surface area contributed by atoms with Crippen LogP contribution in [0.2, 0.25) is 0 Å². The Morgan fingerprint density at radius 1 is 0.556 bits per heavy atom. The average molecular weight is 585 g/mol. The Labute approximate surface area is 150 Å². The van der Waals surface area contributed by atoms with E-state index in [2.05, 4.69) is 124 Å². The van der Waals surface area contributed by atoms with Gasteiger partial charge in [-0.3, -0.25) is 0 Å². The first kappa shape index (κ1) is 17.3. The number of alkyl halides is 3. The lowest BCUT2D eigenvalue weighted by Crippen LogP contribution is -2.25. The van der Waals surface area contributed by atoms with Gasteiger partial charge < -0.3 is 0 Å². The molecule has 0 aliphatic rings. The second-order valence-corrected chi connectivity index (χ2v) is 13.8. The standard InChI is InChI=1S/C12H18I3N3/c1-10(2,13)7-16-8(11(3,4)14)18-9(17-7)12(5,6)15/h1-6H3. The summed E-state index contributed by atoms with van der Waals surface area (Å²) in [6.07, 6.45) is 0. The fourth-order valence-corrected chi connectivity index (χ4v) is 1.90. The average Bonchev–Trinajstić information content (AvgIpc) is 2.13. The molecule has 0 saturated carbocycles. The molecule has 3 nitrogen and oxygen atoms in total. The van der Waals surface area contributed by atoms with Crippen LogP contribution < -0.4 is 0 Å². The van der Waals surface area contributed by atoms with Gasteiger partial charge in [-0.15, -0.1) is 0 Å². The smallest absolute Gasteiger partial charge is 0.148 e. The molecule has 0 saturated heterocycles. The Morgan fingerprint density at radius 3 is 0.833 bits per heavy atom. The highest BCUT2D eigenvalue weighted by atomic mass is 127. The quantitative estimate of drug-likeness (QED) is 0.376. The van der Waals surface area contributed by atoms with Gasteiger partial charge in [0.2, 0.25) is 0 Å². The molecular weight excluding hydrogens is 567 g/mol. The Morgan fingerprint density at radius 2 is 0.722 bits per heavy atom. The van der Waals surface area contributed by atoms with Gasteiger partial charge in [0.15, 0.2) is 0 Å². The van der Waals surface area contributed by atoms with E-state index in [1.54, 1.807) is 0 Å². The molecule has 18 heavy (non-hydrogen) atoms. The summed E-state index contributed by atoms with van der Waals surface area (Å²) in [4.78, 5) is 13.9. The molecule has 0 atom stereocenters. The Bertz CT molecular complexity index is 360. The van der Waals surface area contributed by atoms with Gasteiger partial charge in [0.1, 0.15) is 17.5 Å². The lowest BCUT2D eigenvalue weighted by atomic mass is 10.1. The molecule has 0 fully saturated rings. The van der Waals surface area contributed by atoms with E-state index in [9.17, 15) is 0 Å². The third-order valence-corrected chi connectivity index (χ3v) is 3.68. The maximum atomic E-state index is 4.65. The summed E-state index contributed by atoms with van der Waals surface area (Å²) in [7, 11) is 0. The minimum absolute atomic E-state index is 0.0893. The zero-order chi connectivity index (χ0) is 14.4. The fourth-order valence-electron chi connectivity index (χ4n) is 1.17. The second kappa shape index (κ2) is 5.53. The van der Waals surface area contributed by atoms with Crippen LogP contribution in [0, 0.1) is 0 Å². The Hall–Kier alpha value is 1.20. The van der Waals surface area contributed by atoms with Gasteiger partial charge in [0.25, 0.3) is 0 Å². The van der Waals surface area contributed by atoms with Crippen molar-refractivity contribution in [1.29, 1.82) is 0 Å². The van der Waals surface area contributed by atoms with Gasteiger partial charge in [-0.05, 0) is 41.5 Å². The monoisotopic (exact) mass is 585 g/mol. The van der Waals surface area contributed by atoms with Crippen molar-refractivity contribution in [2.24, 2.45) is 0 Å². The summed E-state index contributed by atoms with van der Waals surface area (Å²) in [5.41, 5.74) is 0. The van der Waals surface area contributed by atoms with E-state index in [0.29, 0.717) is 0 Å².